The average Bonchev–Trinajstić information content (AvgIpc) is 3.51. The van der Waals surface area contributed by atoms with Crippen molar-refractivity contribution in [3.05, 3.63) is 60.8 Å². The minimum Gasteiger partial charge on any atom is -0.496 e. The van der Waals surface area contributed by atoms with Gasteiger partial charge in [-0.3, -0.25) is 9.69 Å². The number of aliphatic carboxylic acids is 1. The van der Waals surface area contributed by atoms with E-state index in [1.807, 2.05) is 51.9 Å². The number of para-hydroxylation sites is 1. The third kappa shape index (κ3) is 7.90. The van der Waals surface area contributed by atoms with Gasteiger partial charge in [0.1, 0.15) is 11.5 Å². The quantitative estimate of drug-likeness (QED) is 0.280. The summed E-state index contributed by atoms with van der Waals surface area (Å²) < 4.78 is 45.0. The summed E-state index contributed by atoms with van der Waals surface area (Å²) in [4.78, 5) is 32.0. The number of alkyl halides is 3. The molecule has 0 unspecified atom stereocenters. The Labute approximate surface area is 275 Å². The number of methoxy groups -OCH3 is 2. The molecule has 2 aromatic carbocycles. The third-order valence-electron chi connectivity index (χ3n) is 8.56. The summed E-state index contributed by atoms with van der Waals surface area (Å²) in [5.41, 5.74) is 4.73. The van der Waals surface area contributed by atoms with E-state index >= 15 is 0 Å². The number of piperidine rings is 1. The van der Waals surface area contributed by atoms with Crippen LogP contribution in [0.1, 0.15) is 19.8 Å². The molecule has 0 aliphatic carbocycles. The number of carboxylic acid groups (broad SMARTS) is 1. The second-order valence-corrected chi connectivity index (χ2v) is 11.4. The molecule has 4 aromatic rings. The van der Waals surface area contributed by atoms with Crippen molar-refractivity contribution in [2.75, 3.05) is 63.7 Å². The lowest BCUT2D eigenvalue weighted by Crippen LogP contribution is -2.54. The van der Waals surface area contributed by atoms with Gasteiger partial charge in [-0.05, 0) is 49.2 Å². The molecule has 6 rings (SSSR count). The zero-order valence-electron chi connectivity index (χ0n) is 26.9. The summed E-state index contributed by atoms with van der Waals surface area (Å²) in [5.74, 6) is -0.571. The van der Waals surface area contributed by atoms with Gasteiger partial charge in [-0.15, -0.1) is 5.10 Å². The summed E-state index contributed by atoms with van der Waals surface area (Å²) >= 11 is 0. The van der Waals surface area contributed by atoms with E-state index in [-0.39, 0.29) is 5.91 Å². The number of hydrogen-bond donors (Lipinski definition) is 2. The van der Waals surface area contributed by atoms with E-state index in [1.165, 1.54) is 0 Å². The maximum absolute atomic E-state index is 11.7. The first-order valence-corrected chi connectivity index (χ1v) is 15.5. The number of amides is 1. The van der Waals surface area contributed by atoms with Crippen LogP contribution < -0.4 is 19.7 Å². The fourth-order valence-electron chi connectivity index (χ4n) is 6.01. The highest BCUT2D eigenvalue weighted by Gasteiger charge is 2.38. The Morgan fingerprint density at radius 1 is 0.917 bits per heavy atom. The third-order valence-corrected chi connectivity index (χ3v) is 8.56. The second-order valence-electron chi connectivity index (χ2n) is 11.4. The number of carbonyl (C=O) groups is 2. The molecule has 2 fully saturated rings. The van der Waals surface area contributed by atoms with E-state index in [2.05, 4.69) is 32.2 Å². The summed E-state index contributed by atoms with van der Waals surface area (Å²) in [5, 5.41) is 15.3. The molecule has 0 bridgehead atoms. The van der Waals surface area contributed by atoms with Crippen LogP contribution in [0.2, 0.25) is 0 Å². The number of benzene rings is 2. The fourth-order valence-corrected chi connectivity index (χ4v) is 6.01. The van der Waals surface area contributed by atoms with Gasteiger partial charge in [0.2, 0.25) is 11.9 Å². The van der Waals surface area contributed by atoms with Gasteiger partial charge in [0.25, 0.3) is 0 Å². The monoisotopic (exact) mass is 669 g/mol. The van der Waals surface area contributed by atoms with Crippen LogP contribution in [0.3, 0.4) is 0 Å². The van der Waals surface area contributed by atoms with Crippen LogP contribution in [0.5, 0.6) is 11.5 Å². The highest BCUT2D eigenvalue weighted by atomic mass is 19.4. The lowest BCUT2D eigenvalue weighted by Gasteiger charge is -2.43. The largest absolute Gasteiger partial charge is 0.496 e. The number of nitrogens with one attached hydrogen (secondary N) is 1. The van der Waals surface area contributed by atoms with Gasteiger partial charge in [0.05, 0.1) is 37.3 Å². The molecule has 2 aliphatic heterocycles. The van der Waals surface area contributed by atoms with E-state index < -0.39 is 12.1 Å². The number of nitrogens with zero attached hydrogens (tertiary/aromatic N) is 6. The Hall–Kier alpha value is -5.05. The van der Waals surface area contributed by atoms with Crippen molar-refractivity contribution < 1.29 is 37.3 Å². The van der Waals surface area contributed by atoms with Gasteiger partial charge < -0.3 is 29.7 Å². The molecule has 0 spiro atoms. The molecule has 1 amide bonds. The number of rotatable bonds is 7. The molecular formula is C33H38F3N7O5. The number of piperazine rings is 1. The Kier molecular flexibility index (Phi) is 10.6. The number of fused-ring (bicyclic) bond motifs is 1. The molecule has 0 saturated carbocycles. The van der Waals surface area contributed by atoms with Crippen molar-refractivity contribution in [1.82, 2.24) is 24.4 Å². The normalized spacial score (nSPS) is 15.9. The minimum atomic E-state index is -5.08. The van der Waals surface area contributed by atoms with Gasteiger partial charge in [0, 0.05) is 69.6 Å². The maximum atomic E-state index is 11.7. The second kappa shape index (κ2) is 14.8. The molecular weight excluding hydrogens is 631 g/mol. The Bertz CT molecular complexity index is 1730. The molecule has 0 atom stereocenters. The first-order chi connectivity index (χ1) is 23.0. The van der Waals surface area contributed by atoms with Gasteiger partial charge in [-0.1, -0.05) is 12.1 Å². The number of carbonyl (C=O) groups excluding carboxylic acids is 1. The van der Waals surface area contributed by atoms with Crippen molar-refractivity contribution >= 4 is 34.7 Å². The number of halogens is 3. The minimum absolute atomic E-state index is 0.181. The molecule has 2 aliphatic rings. The first kappa shape index (κ1) is 34.3. The van der Waals surface area contributed by atoms with E-state index in [4.69, 9.17) is 24.5 Å². The SMILES string of the molecule is COc1cc(N2CCC(N3CCN(C(C)=O)CC3)CC2)ccc1Nc1ncc2ccc(-c3ccccc3OC)n2n1.O=C(O)C(F)(F)F. The van der Waals surface area contributed by atoms with Crippen LogP contribution in [0.4, 0.5) is 30.5 Å². The van der Waals surface area contributed by atoms with Gasteiger partial charge in [0.15, 0.2) is 0 Å². The Morgan fingerprint density at radius 3 is 2.21 bits per heavy atom. The van der Waals surface area contributed by atoms with Crippen LogP contribution in [0.25, 0.3) is 16.8 Å². The predicted octanol–water partition coefficient (Wildman–Crippen LogP) is 4.92. The van der Waals surface area contributed by atoms with Crippen LogP contribution in [0.15, 0.2) is 60.8 Å². The predicted molar refractivity (Wildman–Crippen MR) is 174 cm³/mol. The first-order valence-electron chi connectivity index (χ1n) is 15.5. The number of aromatic nitrogens is 3. The molecule has 2 N–H and O–H groups in total. The summed E-state index contributed by atoms with van der Waals surface area (Å²) in [6, 6.07) is 18.8. The van der Waals surface area contributed by atoms with Crippen molar-refractivity contribution in [3.8, 4) is 22.8 Å². The molecule has 12 nitrogen and oxygen atoms in total. The van der Waals surface area contributed by atoms with E-state index in [1.54, 1.807) is 27.3 Å². The van der Waals surface area contributed by atoms with E-state index in [9.17, 15) is 18.0 Å². The molecule has 256 valence electrons. The van der Waals surface area contributed by atoms with Crippen LogP contribution in [-0.2, 0) is 9.59 Å². The summed E-state index contributed by atoms with van der Waals surface area (Å²) in [6.45, 7) is 7.26. The summed E-state index contributed by atoms with van der Waals surface area (Å²) in [7, 11) is 3.36. The van der Waals surface area contributed by atoms with E-state index in [0.29, 0.717) is 12.0 Å². The van der Waals surface area contributed by atoms with Crippen molar-refractivity contribution in [2.45, 2.75) is 32.0 Å². The number of hydrogen-bond acceptors (Lipinski definition) is 9. The maximum Gasteiger partial charge on any atom is 0.490 e. The fraction of sp³-hybridized carbons (Fsp3) is 0.394. The zero-order chi connectivity index (χ0) is 34.4. The average molecular weight is 670 g/mol. The van der Waals surface area contributed by atoms with E-state index in [0.717, 1.165) is 91.8 Å². The van der Waals surface area contributed by atoms with Crippen LogP contribution in [0, 0.1) is 0 Å². The highest BCUT2D eigenvalue weighted by molar-refractivity contribution is 5.74. The van der Waals surface area contributed by atoms with Crippen molar-refractivity contribution in [2.24, 2.45) is 0 Å². The zero-order valence-corrected chi connectivity index (χ0v) is 26.9. The Balaban J connectivity index is 0.000000582. The summed E-state index contributed by atoms with van der Waals surface area (Å²) in [6.07, 6.45) is -1.05. The molecule has 48 heavy (non-hydrogen) atoms. The van der Waals surface area contributed by atoms with Gasteiger partial charge in [-0.25, -0.2) is 14.3 Å². The smallest absolute Gasteiger partial charge is 0.490 e. The molecule has 0 radical (unpaired) electrons. The molecule has 4 heterocycles. The lowest BCUT2D eigenvalue weighted by atomic mass is 10.0. The number of anilines is 3. The molecule has 15 heteroatoms. The lowest BCUT2D eigenvalue weighted by molar-refractivity contribution is -0.192. The van der Waals surface area contributed by atoms with Gasteiger partial charge in [-0.2, -0.15) is 13.2 Å². The number of carboxylic acids is 1. The molecule has 2 aromatic heterocycles. The van der Waals surface area contributed by atoms with Crippen LogP contribution >= 0.6 is 0 Å². The molecule has 2 saturated heterocycles. The number of ether oxygens (including phenoxy) is 2. The van der Waals surface area contributed by atoms with Crippen molar-refractivity contribution in [3.63, 3.8) is 0 Å². The topological polar surface area (TPSA) is 125 Å². The standard InChI is InChI=1S/C31H37N7O3.C2HF3O2/c1-22(39)35-16-18-37(19-17-35)23-12-14-36(15-13-23)24-8-10-27(30(20-24)41-3)33-31-32-21-25-9-11-28(38(25)34-31)26-6-4-5-7-29(26)40-2;3-2(4,5)1(6)7/h4-11,20-21,23H,12-19H2,1-3H3,(H,33,34);(H,6,7). The highest BCUT2D eigenvalue weighted by Crippen LogP contribution is 2.34. The van der Waals surface area contributed by atoms with Gasteiger partial charge >= 0.3 is 12.1 Å². The Morgan fingerprint density at radius 2 is 1.58 bits per heavy atom. The van der Waals surface area contributed by atoms with Crippen molar-refractivity contribution in [1.29, 1.82) is 0 Å². The van der Waals surface area contributed by atoms with Crippen LogP contribution in [-0.4, -0.2) is 107 Å².